The first-order chi connectivity index (χ1) is 5.72. The van der Waals surface area contributed by atoms with Crippen LogP contribution in [0.4, 0.5) is 0 Å². The maximum atomic E-state index is 3.50. The molecule has 13 heavy (non-hydrogen) atoms. The number of nitrogens with one attached hydrogen (secondary N) is 1. The highest BCUT2D eigenvalue weighted by Crippen LogP contribution is 2.20. The predicted molar refractivity (Wildman–Crippen MR) is 60.6 cm³/mol. The highest BCUT2D eigenvalue weighted by atomic mass is 14.9. The van der Waals surface area contributed by atoms with Crippen LogP contribution in [0, 0.1) is 11.3 Å². The number of allylic oxidation sites excluding steroid dienone is 2. The van der Waals surface area contributed by atoms with E-state index in [0.29, 0.717) is 12.0 Å². The third-order valence-electron chi connectivity index (χ3n) is 1.67. The van der Waals surface area contributed by atoms with Gasteiger partial charge in [-0.05, 0) is 25.2 Å². The van der Waals surface area contributed by atoms with Crippen LogP contribution in [0.1, 0.15) is 48.5 Å². The van der Waals surface area contributed by atoms with Crippen LogP contribution in [-0.2, 0) is 0 Å². The molecular weight excluding hydrogens is 158 g/mol. The van der Waals surface area contributed by atoms with Gasteiger partial charge in [0.15, 0.2) is 0 Å². The summed E-state index contributed by atoms with van der Waals surface area (Å²) in [7, 11) is 0. The van der Waals surface area contributed by atoms with E-state index in [0.717, 1.165) is 0 Å². The van der Waals surface area contributed by atoms with Gasteiger partial charge in [0.2, 0.25) is 0 Å². The van der Waals surface area contributed by atoms with Crippen molar-refractivity contribution in [3.05, 3.63) is 11.8 Å². The Morgan fingerprint density at radius 2 is 1.54 bits per heavy atom. The van der Waals surface area contributed by atoms with Crippen molar-refractivity contribution in [1.29, 1.82) is 0 Å². The molecule has 0 aliphatic rings. The Bertz CT molecular complexity index is 170. The van der Waals surface area contributed by atoms with E-state index < -0.39 is 0 Å². The molecule has 0 heterocycles. The maximum Gasteiger partial charge on any atom is 0.0201 e. The minimum Gasteiger partial charge on any atom is -0.386 e. The topological polar surface area (TPSA) is 12.0 Å². The monoisotopic (exact) mass is 183 g/mol. The van der Waals surface area contributed by atoms with Gasteiger partial charge in [0, 0.05) is 11.7 Å². The summed E-state index contributed by atoms with van der Waals surface area (Å²) in [6.45, 7) is 15.5. The fourth-order valence-corrected chi connectivity index (χ4v) is 1.17. The lowest BCUT2D eigenvalue weighted by atomic mass is 9.92. The Hall–Kier alpha value is -0.460. The fraction of sp³-hybridized carbons (Fsp3) is 0.833. The molecule has 0 atom stereocenters. The summed E-state index contributed by atoms with van der Waals surface area (Å²) in [6, 6.07) is 0.524. The first-order valence-corrected chi connectivity index (χ1v) is 5.21. The molecule has 0 aliphatic heterocycles. The van der Waals surface area contributed by atoms with Gasteiger partial charge in [-0.25, -0.2) is 0 Å². The molecule has 0 aromatic rings. The molecule has 0 saturated heterocycles. The van der Waals surface area contributed by atoms with E-state index in [1.165, 1.54) is 5.70 Å². The smallest absolute Gasteiger partial charge is 0.0201 e. The summed E-state index contributed by atoms with van der Waals surface area (Å²) in [5.41, 5.74) is 1.63. The van der Waals surface area contributed by atoms with E-state index >= 15 is 0 Å². The zero-order valence-electron chi connectivity index (χ0n) is 10.2. The van der Waals surface area contributed by atoms with Crippen molar-refractivity contribution in [2.45, 2.75) is 54.5 Å². The van der Waals surface area contributed by atoms with E-state index in [2.05, 4.69) is 59.9 Å². The van der Waals surface area contributed by atoms with E-state index in [9.17, 15) is 0 Å². The number of rotatable bonds is 3. The lowest BCUT2D eigenvalue weighted by molar-refractivity contribution is 0.507. The zero-order chi connectivity index (χ0) is 10.6. The lowest BCUT2D eigenvalue weighted by Gasteiger charge is -2.22. The molecule has 0 rings (SSSR count). The molecule has 78 valence electrons. The number of hydrogen-bond donors (Lipinski definition) is 1. The van der Waals surface area contributed by atoms with Crippen molar-refractivity contribution in [2.24, 2.45) is 11.3 Å². The van der Waals surface area contributed by atoms with Gasteiger partial charge in [-0.15, -0.1) is 0 Å². The molecule has 0 aromatic carbocycles. The van der Waals surface area contributed by atoms with Crippen LogP contribution < -0.4 is 5.32 Å². The van der Waals surface area contributed by atoms with Gasteiger partial charge in [-0.1, -0.05) is 40.7 Å². The molecule has 1 nitrogen and oxygen atoms in total. The van der Waals surface area contributed by atoms with E-state index in [-0.39, 0.29) is 5.41 Å². The Morgan fingerprint density at radius 1 is 1.08 bits per heavy atom. The highest BCUT2D eigenvalue weighted by molar-refractivity contribution is 5.07. The largest absolute Gasteiger partial charge is 0.386 e. The Balaban J connectivity index is 4.51. The second kappa shape index (κ2) is 4.69. The van der Waals surface area contributed by atoms with Gasteiger partial charge in [-0.2, -0.15) is 0 Å². The van der Waals surface area contributed by atoms with Crippen molar-refractivity contribution in [3.8, 4) is 0 Å². The van der Waals surface area contributed by atoms with Crippen molar-refractivity contribution < 1.29 is 0 Å². The molecule has 0 aromatic heterocycles. The molecule has 0 fully saturated rings. The SMILES string of the molecule is CC(C)N/C(=C/C(C)(C)C)C(C)C. The second-order valence-corrected chi connectivity index (χ2v) is 5.42. The van der Waals surface area contributed by atoms with Crippen molar-refractivity contribution in [1.82, 2.24) is 5.32 Å². The van der Waals surface area contributed by atoms with Crippen LogP contribution in [-0.4, -0.2) is 6.04 Å². The van der Waals surface area contributed by atoms with Gasteiger partial charge in [-0.3, -0.25) is 0 Å². The third-order valence-corrected chi connectivity index (χ3v) is 1.67. The van der Waals surface area contributed by atoms with Gasteiger partial charge in [0.25, 0.3) is 0 Å². The zero-order valence-corrected chi connectivity index (χ0v) is 10.2. The predicted octanol–water partition coefficient (Wildman–Crippen LogP) is 3.57. The molecule has 0 unspecified atom stereocenters. The first kappa shape index (κ1) is 12.5. The molecule has 0 aliphatic carbocycles. The van der Waals surface area contributed by atoms with Crippen LogP contribution in [0.5, 0.6) is 0 Å². The second-order valence-electron chi connectivity index (χ2n) is 5.42. The van der Waals surface area contributed by atoms with Crippen LogP contribution in [0.15, 0.2) is 11.8 Å². The Morgan fingerprint density at radius 3 is 1.77 bits per heavy atom. The third kappa shape index (κ3) is 6.68. The minimum absolute atomic E-state index is 0.265. The van der Waals surface area contributed by atoms with E-state index in [1.54, 1.807) is 0 Å². The average molecular weight is 183 g/mol. The number of hydrogen-bond acceptors (Lipinski definition) is 1. The van der Waals surface area contributed by atoms with Crippen molar-refractivity contribution in [2.75, 3.05) is 0 Å². The molecule has 1 N–H and O–H groups in total. The Kier molecular flexibility index (Phi) is 4.52. The summed E-state index contributed by atoms with van der Waals surface area (Å²) < 4.78 is 0. The molecular formula is C12H25N. The standard InChI is InChI=1S/C12H25N/c1-9(2)11(13-10(3)4)8-12(5,6)7/h8-10,13H,1-7H3/b11-8+. The average Bonchev–Trinajstić information content (AvgIpc) is 1.81. The highest BCUT2D eigenvalue weighted by Gasteiger charge is 2.11. The molecule has 0 radical (unpaired) electrons. The van der Waals surface area contributed by atoms with Crippen LogP contribution in [0.2, 0.25) is 0 Å². The van der Waals surface area contributed by atoms with E-state index in [4.69, 9.17) is 0 Å². The van der Waals surface area contributed by atoms with Gasteiger partial charge >= 0.3 is 0 Å². The van der Waals surface area contributed by atoms with Crippen LogP contribution >= 0.6 is 0 Å². The molecule has 0 spiro atoms. The van der Waals surface area contributed by atoms with Crippen LogP contribution in [0.3, 0.4) is 0 Å². The van der Waals surface area contributed by atoms with Crippen molar-refractivity contribution >= 4 is 0 Å². The van der Waals surface area contributed by atoms with Gasteiger partial charge in [0.05, 0.1) is 0 Å². The molecule has 0 amide bonds. The normalized spacial score (nSPS) is 14.1. The maximum absolute atomic E-state index is 3.50. The lowest BCUT2D eigenvalue weighted by Crippen LogP contribution is -2.26. The summed E-state index contributed by atoms with van der Waals surface area (Å²) in [5, 5.41) is 3.50. The van der Waals surface area contributed by atoms with Gasteiger partial charge < -0.3 is 5.32 Å². The molecule has 1 heteroatoms. The fourth-order valence-electron chi connectivity index (χ4n) is 1.17. The Labute approximate surface area is 83.6 Å². The van der Waals surface area contributed by atoms with E-state index in [1.807, 2.05) is 0 Å². The minimum atomic E-state index is 0.265. The van der Waals surface area contributed by atoms with Crippen LogP contribution in [0.25, 0.3) is 0 Å². The molecule has 0 saturated carbocycles. The first-order valence-electron chi connectivity index (χ1n) is 5.21. The van der Waals surface area contributed by atoms with Crippen molar-refractivity contribution in [3.63, 3.8) is 0 Å². The van der Waals surface area contributed by atoms with Gasteiger partial charge in [0.1, 0.15) is 0 Å². The summed E-state index contributed by atoms with van der Waals surface area (Å²) >= 11 is 0. The molecule has 0 bridgehead atoms. The summed E-state index contributed by atoms with van der Waals surface area (Å²) in [5.74, 6) is 0.585. The quantitative estimate of drug-likeness (QED) is 0.705. The summed E-state index contributed by atoms with van der Waals surface area (Å²) in [4.78, 5) is 0. The summed E-state index contributed by atoms with van der Waals surface area (Å²) in [6.07, 6.45) is 2.33.